The molecule has 1 rings (SSSR count). The van der Waals surface area contributed by atoms with E-state index in [0.717, 1.165) is 0 Å². The third-order valence-electron chi connectivity index (χ3n) is 2.23. The molecular weight excluding hydrogens is 254 g/mol. The number of hydrogen-bond donors (Lipinski definition) is 2. The fourth-order valence-corrected chi connectivity index (χ4v) is 2.28. The van der Waals surface area contributed by atoms with Crippen molar-refractivity contribution in [1.82, 2.24) is 5.32 Å². The number of nitrogens with one attached hydrogen (secondary N) is 1. The van der Waals surface area contributed by atoms with Gasteiger partial charge in [0.25, 0.3) is 5.91 Å². The Hall–Kier alpha value is -1.69. The van der Waals surface area contributed by atoms with Crippen molar-refractivity contribution in [2.45, 2.75) is 13.0 Å². The summed E-state index contributed by atoms with van der Waals surface area (Å²) in [6, 6.07) is 5.56. The fraction of sp³-hybridized carbons (Fsp3) is 0.333. The van der Waals surface area contributed by atoms with Gasteiger partial charge in [0.05, 0.1) is 5.56 Å². The average Bonchev–Trinajstić information content (AvgIpc) is 2.27. The Balaban J connectivity index is 2.75. The van der Waals surface area contributed by atoms with Crippen LogP contribution in [0.1, 0.15) is 27.6 Å². The Bertz CT molecular complexity index is 487. The van der Waals surface area contributed by atoms with Gasteiger partial charge in [0, 0.05) is 34.4 Å². The van der Waals surface area contributed by atoms with E-state index in [9.17, 15) is 13.8 Å². The second-order valence-electron chi connectivity index (χ2n) is 4.00. The standard InChI is InChI=1S/C12H15NO4S/c1-8(7-18(2)17)13-11(14)9-4-3-5-10(6-9)12(15)16/h3-6,8H,7H2,1-2H3,(H,13,14)(H,15,16). The van der Waals surface area contributed by atoms with Gasteiger partial charge in [-0.25, -0.2) is 4.79 Å². The van der Waals surface area contributed by atoms with Crippen molar-refractivity contribution < 1.29 is 18.9 Å². The molecule has 0 saturated carbocycles. The highest BCUT2D eigenvalue weighted by atomic mass is 32.2. The van der Waals surface area contributed by atoms with Crippen molar-refractivity contribution in [3.63, 3.8) is 0 Å². The Morgan fingerprint density at radius 3 is 2.56 bits per heavy atom. The van der Waals surface area contributed by atoms with E-state index in [-0.39, 0.29) is 23.1 Å². The van der Waals surface area contributed by atoms with E-state index in [1.165, 1.54) is 24.3 Å². The molecule has 1 aromatic rings. The fourth-order valence-electron chi connectivity index (χ4n) is 1.49. The number of amides is 1. The third kappa shape index (κ3) is 4.29. The van der Waals surface area contributed by atoms with Crippen molar-refractivity contribution in [1.29, 1.82) is 0 Å². The van der Waals surface area contributed by atoms with Crippen molar-refractivity contribution in [3.05, 3.63) is 35.4 Å². The summed E-state index contributed by atoms with van der Waals surface area (Å²) in [7, 11) is -0.989. The molecule has 2 N–H and O–H groups in total. The number of carboxylic acid groups (broad SMARTS) is 1. The maximum absolute atomic E-state index is 11.8. The summed E-state index contributed by atoms with van der Waals surface area (Å²) >= 11 is 0. The molecule has 0 aliphatic heterocycles. The predicted molar refractivity (Wildman–Crippen MR) is 69.3 cm³/mol. The molecule has 0 heterocycles. The molecule has 0 saturated heterocycles. The van der Waals surface area contributed by atoms with Gasteiger partial charge in [0.2, 0.25) is 0 Å². The van der Waals surface area contributed by atoms with E-state index in [2.05, 4.69) is 5.32 Å². The lowest BCUT2D eigenvalue weighted by atomic mass is 10.1. The largest absolute Gasteiger partial charge is 0.478 e. The predicted octanol–water partition coefficient (Wildman–Crippen LogP) is 0.882. The zero-order valence-electron chi connectivity index (χ0n) is 10.2. The molecule has 0 radical (unpaired) electrons. The number of rotatable bonds is 5. The minimum atomic E-state index is -1.08. The van der Waals surface area contributed by atoms with Crippen molar-refractivity contribution in [3.8, 4) is 0 Å². The summed E-state index contributed by atoms with van der Waals surface area (Å²) in [5, 5.41) is 11.5. The van der Waals surface area contributed by atoms with E-state index >= 15 is 0 Å². The molecule has 0 bridgehead atoms. The van der Waals surface area contributed by atoms with Crippen LogP contribution < -0.4 is 5.32 Å². The van der Waals surface area contributed by atoms with Gasteiger partial charge in [-0.1, -0.05) is 6.07 Å². The minimum Gasteiger partial charge on any atom is -0.478 e. The van der Waals surface area contributed by atoms with Gasteiger partial charge in [-0.2, -0.15) is 0 Å². The van der Waals surface area contributed by atoms with Crippen molar-refractivity contribution in [2.24, 2.45) is 0 Å². The highest BCUT2D eigenvalue weighted by Gasteiger charge is 2.12. The first kappa shape index (κ1) is 14.4. The lowest BCUT2D eigenvalue weighted by Gasteiger charge is -2.12. The molecule has 2 atom stereocenters. The van der Waals surface area contributed by atoms with Crippen LogP contribution in [0.25, 0.3) is 0 Å². The molecule has 1 amide bonds. The Morgan fingerprint density at radius 2 is 2.00 bits per heavy atom. The second kappa shape index (κ2) is 6.30. The van der Waals surface area contributed by atoms with Crippen molar-refractivity contribution in [2.75, 3.05) is 12.0 Å². The zero-order valence-corrected chi connectivity index (χ0v) is 11.0. The maximum atomic E-state index is 11.8. The van der Waals surface area contributed by atoms with Gasteiger partial charge in [0.1, 0.15) is 0 Å². The highest BCUT2D eigenvalue weighted by molar-refractivity contribution is 7.84. The molecule has 0 aliphatic rings. The topological polar surface area (TPSA) is 83.5 Å². The lowest BCUT2D eigenvalue weighted by molar-refractivity contribution is 0.0697. The molecule has 0 aliphatic carbocycles. The summed E-state index contributed by atoms with van der Waals surface area (Å²) in [6.45, 7) is 1.75. The maximum Gasteiger partial charge on any atom is 0.335 e. The average molecular weight is 269 g/mol. The second-order valence-corrected chi connectivity index (χ2v) is 5.48. The highest BCUT2D eigenvalue weighted by Crippen LogP contribution is 2.05. The number of carboxylic acids is 1. The molecule has 0 spiro atoms. The van der Waals surface area contributed by atoms with E-state index in [1.807, 2.05) is 0 Å². The molecule has 0 aromatic heterocycles. The number of benzene rings is 1. The normalized spacial score (nSPS) is 13.7. The SMILES string of the molecule is CC(CS(C)=O)NC(=O)c1cccc(C(=O)O)c1. The van der Waals surface area contributed by atoms with Crippen LogP contribution in [0.2, 0.25) is 0 Å². The molecular formula is C12H15NO4S. The number of carbonyl (C=O) groups excluding carboxylic acids is 1. The van der Waals surface area contributed by atoms with Crippen molar-refractivity contribution >= 4 is 22.7 Å². The molecule has 98 valence electrons. The first-order valence-electron chi connectivity index (χ1n) is 5.34. The van der Waals surface area contributed by atoms with E-state index in [4.69, 9.17) is 5.11 Å². The molecule has 2 unspecified atom stereocenters. The summed E-state index contributed by atoms with van der Waals surface area (Å²) in [4.78, 5) is 22.6. The first-order chi connectivity index (χ1) is 8.40. The number of aromatic carboxylic acids is 1. The van der Waals surface area contributed by atoms with E-state index in [0.29, 0.717) is 5.75 Å². The quantitative estimate of drug-likeness (QED) is 0.831. The van der Waals surface area contributed by atoms with Crippen LogP contribution in [-0.2, 0) is 10.8 Å². The van der Waals surface area contributed by atoms with Crippen LogP contribution in [0.5, 0.6) is 0 Å². The molecule has 18 heavy (non-hydrogen) atoms. The van der Waals surface area contributed by atoms with Crippen LogP contribution in [-0.4, -0.2) is 39.2 Å². The third-order valence-corrected chi connectivity index (χ3v) is 3.20. The Kier molecular flexibility index (Phi) is 5.03. The first-order valence-corrected chi connectivity index (χ1v) is 7.07. The summed E-state index contributed by atoms with van der Waals surface area (Å²) in [5.74, 6) is -1.08. The molecule has 6 heteroatoms. The lowest BCUT2D eigenvalue weighted by Crippen LogP contribution is -2.36. The summed E-state index contributed by atoms with van der Waals surface area (Å²) in [6.07, 6.45) is 1.56. The molecule has 5 nitrogen and oxygen atoms in total. The Morgan fingerprint density at radius 1 is 1.39 bits per heavy atom. The van der Waals surface area contributed by atoms with E-state index in [1.54, 1.807) is 13.2 Å². The van der Waals surface area contributed by atoms with Crippen LogP contribution >= 0.6 is 0 Å². The van der Waals surface area contributed by atoms with Crippen LogP contribution in [0.15, 0.2) is 24.3 Å². The zero-order chi connectivity index (χ0) is 13.7. The van der Waals surface area contributed by atoms with Gasteiger partial charge in [-0.05, 0) is 25.1 Å². The smallest absolute Gasteiger partial charge is 0.335 e. The number of carbonyl (C=O) groups is 2. The minimum absolute atomic E-state index is 0.0642. The molecule has 0 fully saturated rings. The summed E-state index contributed by atoms with van der Waals surface area (Å²) < 4.78 is 11.0. The van der Waals surface area contributed by atoms with E-state index < -0.39 is 16.8 Å². The summed E-state index contributed by atoms with van der Waals surface area (Å²) in [5.41, 5.74) is 0.345. The number of hydrogen-bond acceptors (Lipinski definition) is 3. The van der Waals surface area contributed by atoms with Gasteiger partial charge >= 0.3 is 5.97 Å². The van der Waals surface area contributed by atoms with Crippen LogP contribution in [0, 0.1) is 0 Å². The monoisotopic (exact) mass is 269 g/mol. The van der Waals surface area contributed by atoms with Crippen LogP contribution in [0.4, 0.5) is 0 Å². The van der Waals surface area contributed by atoms with Gasteiger partial charge in [-0.15, -0.1) is 0 Å². The van der Waals surface area contributed by atoms with Gasteiger partial charge < -0.3 is 10.4 Å². The van der Waals surface area contributed by atoms with Crippen LogP contribution in [0.3, 0.4) is 0 Å². The Labute approximate surface area is 108 Å². The molecule has 1 aromatic carbocycles. The van der Waals surface area contributed by atoms with Gasteiger partial charge in [0.15, 0.2) is 0 Å². The van der Waals surface area contributed by atoms with Gasteiger partial charge in [-0.3, -0.25) is 9.00 Å².